The molecule has 3 rings (SSSR count). The second kappa shape index (κ2) is 7.50. The monoisotopic (exact) mass is 387 g/mol. The molecular formula is C19H21N3O4S. The highest BCUT2D eigenvalue weighted by Gasteiger charge is 2.30. The second-order valence-corrected chi connectivity index (χ2v) is 8.13. The third kappa shape index (κ3) is 4.17. The number of rotatable bonds is 5. The molecule has 0 saturated heterocycles. The van der Waals surface area contributed by atoms with Gasteiger partial charge >= 0.3 is 0 Å². The number of carbonyl (C=O) groups is 2. The molecule has 1 heterocycles. The lowest BCUT2D eigenvalue weighted by atomic mass is 10.2. The normalized spacial score (nSPS) is 14.5. The van der Waals surface area contributed by atoms with E-state index in [1.54, 1.807) is 4.90 Å². The number of nitrogens with one attached hydrogen (secondary N) is 2. The summed E-state index contributed by atoms with van der Waals surface area (Å²) in [5.41, 5.74) is 2.40. The van der Waals surface area contributed by atoms with Gasteiger partial charge in [-0.3, -0.25) is 9.59 Å². The third-order valence-electron chi connectivity index (χ3n) is 4.34. The van der Waals surface area contributed by atoms with Gasteiger partial charge in [-0.15, -0.1) is 0 Å². The Bertz CT molecular complexity index is 971. The number of carbonyl (C=O) groups excluding carboxylic acids is 2. The topological polar surface area (TPSA) is 95.6 Å². The molecule has 0 radical (unpaired) electrons. The van der Waals surface area contributed by atoms with Crippen LogP contribution in [0.3, 0.4) is 0 Å². The number of fused-ring (bicyclic) bond motifs is 1. The van der Waals surface area contributed by atoms with Crippen molar-refractivity contribution in [3.8, 4) is 0 Å². The summed E-state index contributed by atoms with van der Waals surface area (Å²) >= 11 is 0. The lowest BCUT2D eigenvalue weighted by Gasteiger charge is -2.22. The fourth-order valence-electron chi connectivity index (χ4n) is 3.07. The Labute approximate surface area is 158 Å². The Kier molecular flexibility index (Phi) is 5.29. The van der Waals surface area contributed by atoms with Crippen molar-refractivity contribution in [2.24, 2.45) is 0 Å². The third-order valence-corrected chi connectivity index (χ3v) is 5.90. The molecule has 8 heteroatoms. The maximum atomic E-state index is 12.7. The van der Waals surface area contributed by atoms with Crippen molar-refractivity contribution in [3.05, 3.63) is 54.1 Å². The number of benzene rings is 2. The minimum absolute atomic E-state index is 0.0260. The Morgan fingerprint density at radius 2 is 1.74 bits per heavy atom. The summed E-state index contributed by atoms with van der Waals surface area (Å²) in [5, 5.41) is 2.57. The van der Waals surface area contributed by atoms with Crippen molar-refractivity contribution in [2.75, 3.05) is 16.8 Å². The van der Waals surface area contributed by atoms with Crippen LogP contribution in [-0.2, 0) is 26.0 Å². The molecule has 2 aromatic rings. The zero-order valence-corrected chi connectivity index (χ0v) is 15.9. The summed E-state index contributed by atoms with van der Waals surface area (Å²) in [5.74, 6) is -0.535. The first-order chi connectivity index (χ1) is 12.8. The van der Waals surface area contributed by atoms with Crippen molar-refractivity contribution in [2.45, 2.75) is 31.2 Å². The van der Waals surface area contributed by atoms with Gasteiger partial charge in [0, 0.05) is 24.8 Å². The summed E-state index contributed by atoms with van der Waals surface area (Å²) in [6.45, 7) is 3.44. The van der Waals surface area contributed by atoms with Crippen LogP contribution in [0.5, 0.6) is 0 Å². The van der Waals surface area contributed by atoms with Crippen LogP contribution in [0, 0.1) is 0 Å². The average Bonchev–Trinajstić information content (AvgIpc) is 3.04. The van der Waals surface area contributed by atoms with Gasteiger partial charge in [-0.05, 0) is 49.2 Å². The van der Waals surface area contributed by atoms with Crippen LogP contribution in [-0.4, -0.2) is 32.8 Å². The molecule has 27 heavy (non-hydrogen) atoms. The smallest absolute Gasteiger partial charge is 0.244 e. The van der Waals surface area contributed by atoms with Crippen molar-refractivity contribution in [3.63, 3.8) is 0 Å². The molecule has 2 aromatic carbocycles. The molecule has 0 saturated carbocycles. The average molecular weight is 387 g/mol. The highest BCUT2D eigenvalue weighted by Crippen LogP contribution is 2.28. The van der Waals surface area contributed by atoms with Crippen LogP contribution in [0.15, 0.2) is 53.4 Å². The standard InChI is InChI=1S/C19H21N3O4S/c1-13(19(24)22-12-11-15-5-3-4-6-18(15)22)21-27(25,26)17-9-7-16(8-10-17)20-14(2)23/h3-10,13,21H,11-12H2,1-2H3,(H,20,23)/t13-/m0/s1. The number of anilines is 2. The van der Waals surface area contributed by atoms with Gasteiger partial charge in [0.05, 0.1) is 10.9 Å². The van der Waals surface area contributed by atoms with E-state index in [1.807, 2.05) is 24.3 Å². The van der Waals surface area contributed by atoms with Crippen molar-refractivity contribution >= 4 is 33.2 Å². The predicted octanol–water partition coefficient (Wildman–Crippen LogP) is 1.90. The van der Waals surface area contributed by atoms with E-state index < -0.39 is 16.1 Å². The first-order valence-corrected chi connectivity index (χ1v) is 10.1. The molecule has 7 nitrogen and oxygen atoms in total. The van der Waals surface area contributed by atoms with Gasteiger partial charge in [0.15, 0.2) is 0 Å². The Morgan fingerprint density at radius 1 is 1.07 bits per heavy atom. The highest BCUT2D eigenvalue weighted by molar-refractivity contribution is 7.89. The zero-order valence-electron chi connectivity index (χ0n) is 15.1. The Balaban J connectivity index is 1.72. The largest absolute Gasteiger partial charge is 0.326 e. The van der Waals surface area contributed by atoms with Gasteiger partial charge in [-0.1, -0.05) is 18.2 Å². The number of nitrogens with zero attached hydrogens (tertiary/aromatic N) is 1. The van der Waals surface area contributed by atoms with Gasteiger partial charge < -0.3 is 10.2 Å². The molecule has 142 valence electrons. The molecule has 0 fully saturated rings. The lowest BCUT2D eigenvalue weighted by Crippen LogP contribution is -2.46. The fourth-order valence-corrected chi connectivity index (χ4v) is 4.27. The highest BCUT2D eigenvalue weighted by atomic mass is 32.2. The van der Waals surface area contributed by atoms with Crippen LogP contribution >= 0.6 is 0 Å². The Hall–Kier alpha value is -2.71. The summed E-state index contributed by atoms with van der Waals surface area (Å²) in [7, 11) is -3.87. The van der Waals surface area contributed by atoms with Crippen LogP contribution in [0.2, 0.25) is 0 Å². The molecule has 1 atom stereocenters. The number of para-hydroxylation sites is 1. The van der Waals surface area contributed by atoms with Crippen molar-refractivity contribution in [1.82, 2.24) is 4.72 Å². The van der Waals surface area contributed by atoms with E-state index in [4.69, 9.17) is 0 Å². The first kappa shape index (κ1) is 19.1. The fraction of sp³-hybridized carbons (Fsp3) is 0.263. The van der Waals surface area contributed by atoms with Crippen LogP contribution < -0.4 is 14.9 Å². The maximum Gasteiger partial charge on any atom is 0.244 e. The maximum absolute atomic E-state index is 12.7. The molecule has 0 unspecified atom stereocenters. The minimum Gasteiger partial charge on any atom is -0.326 e. The molecule has 0 bridgehead atoms. The lowest BCUT2D eigenvalue weighted by molar-refractivity contribution is -0.119. The van der Waals surface area contributed by atoms with E-state index >= 15 is 0 Å². The van der Waals surface area contributed by atoms with Gasteiger partial charge in [0.2, 0.25) is 21.8 Å². The molecule has 1 aliphatic heterocycles. The first-order valence-electron chi connectivity index (χ1n) is 8.57. The number of amides is 2. The van der Waals surface area contributed by atoms with E-state index in [2.05, 4.69) is 10.0 Å². The van der Waals surface area contributed by atoms with Gasteiger partial charge in [0.1, 0.15) is 0 Å². The van der Waals surface area contributed by atoms with E-state index in [9.17, 15) is 18.0 Å². The van der Waals surface area contributed by atoms with Gasteiger partial charge in [0.25, 0.3) is 0 Å². The van der Waals surface area contributed by atoms with E-state index in [0.29, 0.717) is 12.2 Å². The van der Waals surface area contributed by atoms with E-state index in [1.165, 1.54) is 38.1 Å². The molecule has 0 aliphatic carbocycles. The summed E-state index contributed by atoms with van der Waals surface area (Å²) in [4.78, 5) is 25.4. The quantitative estimate of drug-likeness (QED) is 0.819. The van der Waals surface area contributed by atoms with Gasteiger partial charge in [-0.25, -0.2) is 8.42 Å². The van der Waals surface area contributed by atoms with Crippen LogP contribution in [0.1, 0.15) is 19.4 Å². The summed E-state index contributed by atoms with van der Waals surface area (Å²) in [6, 6.07) is 12.5. The van der Waals surface area contributed by atoms with Crippen molar-refractivity contribution < 1.29 is 18.0 Å². The van der Waals surface area contributed by atoms with Crippen LogP contribution in [0.25, 0.3) is 0 Å². The molecular weight excluding hydrogens is 366 g/mol. The SMILES string of the molecule is CC(=O)Nc1ccc(S(=O)(=O)N[C@@H](C)C(=O)N2CCc3ccccc32)cc1. The van der Waals surface area contributed by atoms with E-state index in [-0.39, 0.29) is 16.7 Å². The molecule has 2 amide bonds. The second-order valence-electron chi connectivity index (χ2n) is 6.42. The van der Waals surface area contributed by atoms with Crippen LogP contribution in [0.4, 0.5) is 11.4 Å². The van der Waals surface area contributed by atoms with E-state index in [0.717, 1.165) is 17.7 Å². The summed E-state index contributed by atoms with van der Waals surface area (Å²) in [6.07, 6.45) is 0.756. The molecule has 0 spiro atoms. The zero-order chi connectivity index (χ0) is 19.6. The molecule has 2 N–H and O–H groups in total. The summed E-state index contributed by atoms with van der Waals surface area (Å²) < 4.78 is 27.6. The number of sulfonamides is 1. The number of hydrogen-bond donors (Lipinski definition) is 2. The predicted molar refractivity (Wildman–Crippen MR) is 103 cm³/mol. The van der Waals surface area contributed by atoms with Gasteiger partial charge in [-0.2, -0.15) is 4.72 Å². The molecule has 0 aromatic heterocycles. The Morgan fingerprint density at radius 3 is 2.41 bits per heavy atom. The van der Waals surface area contributed by atoms with Crippen molar-refractivity contribution in [1.29, 1.82) is 0 Å². The number of hydrogen-bond acceptors (Lipinski definition) is 4. The molecule has 1 aliphatic rings. The minimum atomic E-state index is -3.87.